The molecule has 3 nitrogen and oxygen atoms in total. The first-order valence-electron chi connectivity index (χ1n) is 16.8. The van der Waals surface area contributed by atoms with Crippen molar-refractivity contribution < 1.29 is 27.4 Å². The van der Waals surface area contributed by atoms with E-state index in [0.717, 1.165) is 25.7 Å². The van der Waals surface area contributed by atoms with E-state index in [1.807, 2.05) is 6.07 Å². The topological polar surface area (TPSA) is 27.7 Å². The van der Waals surface area contributed by atoms with Gasteiger partial charge >= 0.3 is 0 Å². The SMILES string of the molecule is CCCCCCCCCOc1ccc(-c2ccc(-c3ccc(C4OCC(CCCCCCC)CO4)cc3F)cc2)c(F)c1F. The summed E-state index contributed by atoms with van der Waals surface area (Å²) in [6.45, 7) is 6.01. The third-order valence-electron chi connectivity index (χ3n) is 8.51. The Morgan fingerprint density at radius 2 is 1.20 bits per heavy atom. The minimum absolute atomic E-state index is 0.0696. The van der Waals surface area contributed by atoms with Crippen LogP contribution in [0.1, 0.15) is 109 Å². The normalized spacial score (nSPS) is 16.8. The van der Waals surface area contributed by atoms with E-state index < -0.39 is 17.9 Å². The molecule has 0 bridgehead atoms. The molecule has 240 valence electrons. The average molecular weight is 611 g/mol. The van der Waals surface area contributed by atoms with Crippen molar-refractivity contribution in [2.45, 2.75) is 104 Å². The molecule has 0 radical (unpaired) electrons. The van der Waals surface area contributed by atoms with E-state index in [9.17, 15) is 8.78 Å². The van der Waals surface area contributed by atoms with Crippen molar-refractivity contribution in [2.75, 3.05) is 19.8 Å². The number of benzene rings is 3. The van der Waals surface area contributed by atoms with E-state index in [0.29, 0.717) is 48.0 Å². The molecule has 3 aromatic carbocycles. The highest BCUT2D eigenvalue weighted by atomic mass is 19.2. The summed E-state index contributed by atoms with van der Waals surface area (Å²) in [5.74, 6) is -2.01. The molecule has 44 heavy (non-hydrogen) atoms. The van der Waals surface area contributed by atoms with Crippen molar-refractivity contribution in [2.24, 2.45) is 5.92 Å². The standard InChI is InChI=1S/C38H49F3O3/c1-3-5-7-9-10-12-14-24-42-35-23-22-33(36(40)37(35)41)30-18-16-29(17-19-30)32-21-20-31(25-34(32)39)38-43-26-28(27-44-38)15-13-11-8-6-4-2/h16-23,25,28,38H,3-15,24,26-27H2,1-2H3. The first-order valence-corrected chi connectivity index (χ1v) is 16.8. The average Bonchev–Trinajstić information content (AvgIpc) is 3.04. The van der Waals surface area contributed by atoms with E-state index in [-0.39, 0.29) is 17.1 Å². The molecule has 4 rings (SSSR count). The Morgan fingerprint density at radius 3 is 1.84 bits per heavy atom. The lowest BCUT2D eigenvalue weighted by atomic mass is 9.98. The summed E-state index contributed by atoms with van der Waals surface area (Å²) >= 11 is 0. The first kappa shape index (κ1) is 34.1. The van der Waals surface area contributed by atoms with E-state index in [2.05, 4.69) is 13.8 Å². The first-order chi connectivity index (χ1) is 21.5. The maximum Gasteiger partial charge on any atom is 0.201 e. The molecule has 3 aromatic rings. The monoisotopic (exact) mass is 610 g/mol. The molecule has 0 saturated carbocycles. The number of rotatable bonds is 18. The molecule has 0 spiro atoms. The molecule has 0 atom stereocenters. The second-order valence-electron chi connectivity index (χ2n) is 12.1. The minimum atomic E-state index is -0.985. The van der Waals surface area contributed by atoms with Crippen molar-refractivity contribution in [3.05, 3.63) is 77.6 Å². The van der Waals surface area contributed by atoms with Gasteiger partial charge in [0.25, 0.3) is 0 Å². The zero-order valence-corrected chi connectivity index (χ0v) is 26.5. The number of hydrogen-bond acceptors (Lipinski definition) is 3. The van der Waals surface area contributed by atoms with Crippen LogP contribution in [0.4, 0.5) is 13.2 Å². The van der Waals surface area contributed by atoms with Gasteiger partial charge in [0, 0.05) is 22.6 Å². The van der Waals surface area contributed by atoms with Crippen LogP contribution in [0.5, 0.6) is 5.75 Å². The summed E-state index contributed by atoms with van der Waals surface area (Å²) in [6, 6.07) is 14.8. The number of ether oxygens (including phenoxy) is 3. The molecule has 0 aromatic heterocycles. The Morgan fingerprint density at radius 1 is 0.636 bits per heavy atom. The Hall–Kier alpha value is -2.83. The Balaban J connectivity index is 1.29. The van der Waals surface area contributed by atoms with Gasteiger partial charge in [-0.2, -0.15) is 4.39 Å². The van der Waals surface area contributed by atoms with Crippen molar-refractivity contribution in [1.29, 1.82) is 0 Å². The second-order valence-corrected chi connectivity index (χ2v) is 12.1. The quantitative estimate of drug-likeness (QED) is 0.134. The number of unbranched alkanes of at least 4 members (excludes halogenated alkanes) is 10. The highest BCUT2D eigenvalue weighted by Gasteiger charge is 2.24. The lowest BCUT2D eigenvalue weighted by Gasteiger charge is -2.29. The zero-order valence-electron chi connectivity index (χ0n) is 26.5. The van der Waals surface area contributed by atoms with Crippen molar-refractivity contribution in [1.82, 2.24) is 0 Å². The van der Waals surface area contributed by atoms with Gasteiger partial charge in [0.2, 0.25) is 5.82 Å². The molecular formula is C38H49F3O3. The second kappa shape index (κ2) is 18.2. The van der Waals surface area contributed by atoms with Crippen molar-refractivity contribution in [3.8, 4) is 28.0 Å². The van der Waals surface area contributed by atoms with Gasteiger partial charge in [-0.05, 0) is 42.2 Å². The summed E-state index contributed by atoms with van der Waals surface area (Å²) < 4.78 is 62.4. The summed E-state index contributed by atoms with van der Waals surface area (Å²) in [5.41, 5.74) is 2.35. The maximum absolute atomic E-state index is 15.2. The predicted octanol–water partition coefficient (Wildman–Crippen LogP) is 11.6. The lowest BCUT2D eigenvalue weighted by molar-refractivity contribution is -0.206. The summed E-state index contributed by atoms with van der Waals surface area (Å²) in [7, 11) is 0. The summed E-state index contributed by atoms with van der Waals surface area (Å²) in [6.07, 6.45) is 14.6. The predicted molar refractivity (Wildman–Crippen MR) is 172 cm³/mol. The van der Waals surface area contributed by atoms with Crippen LogP contribution in [0.15, 0.2) is 54.6 Å². The fourth-order valence-electron chi connectivity index (χ4n) is 5.79. The Labute approximate surface area is 262 Å². The van der Waals surface area contributed by atoms with Crippen LogP contribution in [0.25, 0.3) is 22.3 Å². The van der Waals surface area contributed by atoms with Gasteiger partial charge in [0.1, 0.15) is 5.82 Å². The molecule has 0 unspecified atom stereocenters. The molecular weight excluding hydrogens is 561 g/mol. The fraction of sp³-hybridized carbons (Fsp3) is 0.526. The molecule has 1 saturated heterocycles. The van der Waals surface area contributed by atoms with E-state index in [1.165, 1.54) is 76.0 Å². The number of halogens is 3. The van der Waals surface area contributed by atoms with E-state index >= 15 is 4.39 Å². The van der Waals surface area contributed by atoms with Gasteiger partial charge < -0.3 is 14.2 Å². The Bertz CT molecular complexity index is 1270. The van der Waals surface area contributed by atoms with Crippen LogP contribution in [-0.4, -0.2) is 19.8 Å². The molecule has 0 aliphatic carbocycles. The van der Waals surface area contributed by atoms with Crippen molar-refractivity contribution in [3.63, 3.8) is 0 Å². The van der Waals surface area contributed by atoms with Crippen LogP contribution >= 0.6 is 0 Å². The van der Waals surface area contributed by atoms with E-state index in [1.54, 1.807) is 30.3 Å². The zero-order chi connectivity index (χ0) is 31.1. The van der Waals surface area contributed by atoms with Crippen LogP contribution < -0.4 is 4.74 Å². The highest BCUT2D eigenvalue weighted by Crippen LogP contribution is 2.34. The third kappa shape index (κ3) is 9.84. The molecule has 1 heterocycles. The van der Waals surface area contributed by atoms with E-state index in [4.69, 9.17) is 14.2 Å². The Kier molecular flexibility index (Phi) is 14.1. The van der Waals surface area contributed by atoms with Gasteiger partial charge in [-0.1, -0.05) is 121 Å². The fourth-order valence-corrected chi connectivity index (χ4v) is 5.79. The largest absolute Gasteiger partial charge is 0.490 e. The molecule has 6 heteroatoms. The highest BCUT2D eigenvalue weighted by molar-refractivity contribution is 5.71. The van der Waals surface area contributed by atoms with Crippen LogP contribution in [-0.2, 0) is 9.47 Å². The van der Waals surface area contributed by atoms with Crippen LogP contribution in [0.3, 0.4) is 0 Å². The summed E-state index contributed by atoms with van der Waals surface area (Å²) in [4.78, 5) is 0. The minimum Gasteiger partial charge on any atom is -0.490 e. The third-order valence-corrected chi connectivity index (χ3v) is 8.51. The summed E-state index contributed by atoms with van der Waals surface area (Å²) in [5, 5.41) is 0. The maximum atomic E-state index is 15.2. The molecule has 1 fully saturated rings. The van der Waals surface area contributed by atoms with Crippen LogP contribution in [0, 0.1) is 23.4 Å². The van der Waals surface area contributed by atoms with Gasteiger partial charge in [-0.15, -0.1) is 0 Å². The molecule has 0 N–H and O–H groups in total. The van der Waals surface area contributed by atoms with Gasteiger partial charge in [-0.25, -0.2) is 8.78 Å². The number of hydrogen-bond donors (Lipinski definition) is 0. The van der Waals surface area contributed by atoms with Crippen LogP contribution in [0.2, 0.25) is 0 Å². The van der Waals surface area contributed by atoms with Gasteiger partial charge in [-0.3, -0.25) is 0 Å². The smallest absolute Gasteiger partial charge is 0.201 e. The molecule has 1 aliphatic heterocycles. The van der Waals surface area contributed by atoms with Gasteiger partial charge in [0.05, 0.1) is 19.8 Å². The van der Waals surface area contributed by atoms with Crippen molar-refractivity contribution >= 4 is 0 Å². The lowest BCUT2D eigenvalue weighted by Crippen LogP contribution is -2.27. The molecule has 0 amide bonds. The molecule has 1 aliphatic rings. The van der Waals surface area contributed by atoms with Gasteiger partial charge in [0.15, 0.2) is 17.9 Å².